The number of carbonyl (C=O) groups is 1. The van der Waals surface area contributed by atoms with Gasteiger partial charge >= 0.3 is 0 Å². The number of carbonyl (C=O) groups excluding carboxylic acids is 1. The third-order valence-corrected chi connectivity index (χ3v) is 4.23. The summed E-state index contributed by atoms with van der Waals surface area (Å²) in [5.41, 5.74) is 2.66. The topological polar surface area (TPSA) is 63.5 Å². The van der Waals surface area contributed by atoms with E-state index in [1.54, 1.807) is 17.0 Å². The molecular formula is C17H15ClN2O3. The van der Waals surface area contributed by atoms with Gasteiger partial charge in [0.25, 0.3) is 5.69 Å². The van der Waals surface area contributed by atoms with Gasteiger partial charge in [-0.15, -0.1) is 0 Å². The molecule has 0 fully saturated rings. The van der Waals surface area contributed by atoms with E-state index in [0.717, 1.165) is 17.5 Å². The molecule has 23 heavy (non-hydrogen) atoms. The number of nitrogens with zero attached hydrogens (tertiary/aromatic N) is 2. The lowest BCUT2D eigenvalue weighted by Gasteiger charge is -2.17. The van der Waals surface area contributed by atoms with Gasteiger partial charge in [0.2, 0.25) is 5.91 Å². The number of rotatable bonds is 4. The zero-order valence-electron chi connectivity index (χ0n) is 12.4. The molecule has 2 aromatic rings. The number of fused-ring (bicyclic) bond motifs is 1. The Hall–Kier alpha value is -2.40. The van der Waals surface area contributed by atoms with Gasteiger partial charge in [-0.2, -0.15) is 0 Å². The van der Waals surface area contributed by atoms with Crippen molar-refractivity contribution in [1.82, 2.24) is 0 Å². The first-order chi connectivity index (χ1) is 11.0. The molecular weight excluding hydrogens is 316 g/mol. The smallest absolute Gasteiger partial charge is 0.271 e. The molecule has 1 aliphatic heterocycles. The van der Waals surface area contributed by atoms with Crippen LogP contribution in [-0.4, -0.2) is 17.4 Å². The van der Waals surface area contributed by atoms with E-state index in [1.807, 2.05) is 18.2 Å². The summed E-state index contributed by atoms with van der Waals surface area (Å²) in [6, 6.07) is 12.1. The molecule has 0 aromatic heterocycles. The van der Waals surface area contributed by atoms with Crippen LogP contribution < -0.4 is 4.90 Å². The molecule has 6 heteroatoms. The molecule has 3 rings (SSSR count). The summed E-state index contributed by atoms with van der Waals surface area (Å²) in [7, 11) is 0. The maximum Gasteiger partial charge on any atom is 0.271 e. The van der Waals surface area contributed by atoms with Crippen molar-refractivity contribution in [2.45, 2.75) is 19.3 Å². The van der Waals surface area contributed by atoms with Gasteiger partial charge in [0.15, 0.2) is 0 Å². The molecule has 2 aromatic carbocycles. The van der Waals surface area contributed by atoms with Crippen molar-refractivity contribution >= 4 is 28.9 Å². The van der Waals surface area contributed by atoms with Crippen molar-refractivity contribution in [2.24, 2.45) is 0 Å². The van der Waals surface area contributed by atoms with Gasteiger partial charge in [-0.3, -0.25) is 14.9 Å². The molecule has 1 heterocycles. The summed E-state index contributed by atoms with van der Waals surface area (Å²) in [6.07, 6.45) is 1.68. The van der Waals surface area contributed by atoms with Gasteiger partial charge in [-0.05, 0) is 36.1 Å². The van der Waals surface area contributed by atoms with E-state index in [1.165, 1.54) is 12.1 Å². The summed E-state index contributed by atoms with van der Waals surface area (Å²) in [5, 5.41) is 11.6. The normalized spacial score (nSPS) is 13.0. The van der Waals surface area contributed by atoms with Gasteiger partial charge < -0.3 is 4.90 Å². The highest BCUT2D eigenvalue weighted by atomic mass is 35.5. The fraction of sp³-hybridized carbons (Fsp3) is 0.235. The highest BCUT2D eigenvalue weighted by Gasteiger charge is 2.26. The lowest BCUT2D eigenvalue weighted by molar-refractivity contribution is -0.384. The zero-order valence-corrected chi connectivity index (χ0v) is 13.1. The van der Waals surface area contributed by atoms with Gasteiger partial charge in [0.1, 0.15) is 0 Å². The third-order valence-electron chi connectivity index (χ3n) is 3.99. The molecule has 1 amide bonds. The molecule has 0 saturated heterocycles. The number of hydrogen-bond donors (Lipinski definition) is 0. The molecule has 5 nitrogen and oxygen atoms in total. The Bertz CT molecular complexity index is 776. The maximum absolute atomic E-state index is 12.5. The van der Waals surface area contributed by atoms with Crippen LogP contribution in [0.3, 0.4) is 0 Å². The molecule has 0 N–H and O–H groups in total. The number of benzene rings is 2. The van der Waals surface area contributed by atoms with Crippen molar-refractivity contribution in [2.75, 3.05) is 11.4 Å². The molecule has 0 spiro atoms. The minimum atomic E-state index is -0.437. The highest BCUT2D eigenvalue weighted by Crippen LogP contribution is 2.32. The van der Waals surface area contributed by atoms with Crippen LogP contribution in [0.4, 0.5) is 11.4 Å². The zero-order chi connectivity index (χ0) is 16.4. The number of nitro benzene ring substituents is 1. The Morgan fingerprint density at radius 2 is 2.09 bits per heavy atom. The second-order valence-electron chi connectivity index (χ2n) is 5.50. The van der Waals surface area contributed by atoms with Crippen LogP contribution in [0.5, 0.6) is 0 Å². The quantitative estimate of drug-likeness (QED) is 0.633. The van der Waals surface area contributed by atoms with Crippen LogP contribution in [0.25, 0.3) is 0 Å². The lowest BCUT2D eigenvalue weighted by atomic mass is 10.1. The predicted molar refractivity (Wildman–Crippen MR) is 88.9 cm³/mol. The Balaban J connectivity index is 1.72. The summed E-state index contributed by atoms with van der Waals surface area (Å²) < 4.78 is 0. The minimum absolute atomic E-state index is 0.0123. The SMILES string of the molecule is O=C(CCc1cccc(Cl)c1)N1CCc2ccc([N+](=O)[O-])cc21. The fourth-order valence-corrected chi connectivity index (χ4v) is 3.03. The molecule has 0 aliphatic carbocycles. The van der Waals surface area contributed by atoms with Crippen molar-refractivity contribution in [3.63, 3.8) is 0 Å². The lowest BCUT2D eigenvalue weighted by Crippen LogP contribution is -2.29. The predicted octanol–water partition coefficient (Wildman–Crippen LogP) is 3.77. The Morgan fingerprint density at radius 1 is 1.26 bits per heavy atom. The van der Waals surface area contributed by atoms with Crippen LogP contribution in [0.15, 0.2) is 42.5 Å². The molecule has 0 radical (unpaired) electrons. The van der Waals surface area contributed by atoms with E-state index in [9.17, 15) is 14.9 Å². The van der Waals surface area contributed by atoms with E-state index < -0.39 is 4.92 Å². The van der Waals surface area contributed by atoms with Gasteiger partial charge in [0, 0.05) is 30.1 Å². The van der Waals surface area contributed by atoms with E-state index in [2.05, 4.69) is 0 Å². The molecule has 0 atom stereocenters. The first-order valence-electron chi connectivity index (χ1n) is 7.37. The maximum atomic E-state index is 12.5. The summed E-state index contributed by atoms with van der Waals surface area (Å²) >= 11 is 5.94. The number of halogens is 1. The summed E-state index contributed by atoms with van der Waals surface area (Å²) in [6.45, 7) is 0.574. The highest BCUT2D eigenvalue weighted by molar-refractivity contribution is 6.30. The third kappa shape index (κ3) is 3.35. The summed E-state index contributed by atoms with van der Waals surface area (Å²) in [4.78, 5) is 24.6. The van der Waals surface area contributed by atoms with E-state index >= 15 is 0 Å². The van der Waals surface area contributed by atoms with Crippen molar-refractivity contribution < 1.29 is 9.72 Å². The Kier molecular flexibility index (Phi) is 4.30. The Labute approximate surface area is 138 Å². The van der Waals surface area contributed by atoms with Crippen molar-refractivity contribution in [3.8, 4) is 0 Å². The number of aryl methyl sites for hydroxylation is 1. The van der Waals surface area contributed by atoms with Crippen LogP contribution >= 0.6 is 11.6 Å². The van der Waals surface area contributed by atoms with E-state index in [0.29, 0.717) is 30.1 Å². The standard InChI is InChI=1S/C17H15ClN2O3/c18-14-3-1-2-12(10-14)4-7-17(21)19-9-8-13-5-6-15(20(22)23)11-16(13)19/h1-3,5-6,10-11H,4,7-9H2. The van der Waals surface area contributed by atoms with Gasteiger partial charge in [0.05, 0.1) is 10.6 Å². The molecule has 0 unspecified atom stereocenters. The second kappa shape index (κ2) is 6.38. The molecule has 118 valence electrons. The number of amides is 1. The monoisotopic (exact) mass is 330 g/mol. The number of non-ortho nitro benzene ring substituents is 1. The number of nitro groups is 1. The van der Waals surface area contributed by atoms with Gasteiger partial charge in [-0.1, -0.05) is 29.8 Å². The molecule has 0 bridgehead atoms. The average Bonchev–Trinajstić information content (AvgIpc) is 2.95. The average molecular weight is 331 g/mol. The molecule has 0 saturated carbocycles. The van der Waals surface area contributed by atoms with Crippen LogP contribution in [-0.2, 0) is 17.6 Å². The second-order valence-corrected chi connectivity index (χ2v) is 5.93. The fourth-order valence-electron chi connectivity index (χ4n) is 2.82. The van der Waals surface area contributed by atoms with Crippen LogP contribution in [0, 0.1) is 10.1 Å². The summed E-state index contributed by atoms with van der Waals surface area (Å²) in [5.74, 6) is -0.0239. The van der Waals surface area contributed by atoms with Crippen LogP contribution in [0.2, 0.25) is 5.02 Å². The number of anilines is 1. The van der Waals surface area contributed by atoms with E-state index in [-0.39, 0.29) is 11.6 Å². The Morgan fingerprint density at radius 3 is 2.83 bits per heavy atom. The van der Waals surface area contributed by atoms with E-state index in [4.69, 9.17) is 11.6 Å². The van der Waals surface area contributed by atoms with Gasteiger partial charge in [-0.25, -0.2) is 0 Å². The first kappa shape index (κ1) is 15.5. The molecule has 1 aliphatic rings. The minimum Gasteiger partial charge on any atom is -0.312 e. The van der Waals surface area contributed by atoms with Crippen molar-refractivity contribution in [3.05, 3.63) is 68.7 Å². The largest absolute Gasteiger partial charge is 0.312 e. The first-order valence-corrected chi connectivity index (χ1v) is 7.74. The van der Waals surface area contributed by atoms with Crippen molar-refractivity contribution in [1.29, 1.82) is 0 Å². The van der Waals surface area contributed by atoms with Crippen LogP contribution in [0.1, 0.15) is 17.5 Å². The number of hydrogen-bond acceptors (Lipinski definition) is 3.